The third-order valence-electron chi connectivity index (χ3n) is 1.34. The molecule has 8 heteroatoms. The Kier molecular flexibility index (Phi) is 7.72. The van der Waals surface area contributed by atoms with Crippen LogP contribution in [0, 0.1) is 0 Å². The van der Waals surface area contributed by atoms with Gasteiger partial charge in [-0.25, -0.2) is 0 Å². The van der Waals surface area contributed by atoms with Crippen LogP contribution in [0.15, 0.2) is 27.1 Å². The van der Waals surface area contributed by atoms with Crippen molar-refractivity contribution in [2.24, 2.45) is 0 Å². The molecule has 0 aromatic heterocycles. The molecule has 0 saturated heterocycles. The van der Waals surface area contributed by atoms with E-state index in [0.29, 0.717) is 8.95 Å². The van der Waals surface area contributed by atoms with Crippen molar-refractivity contribution in [1.82, 2.24) is 0 Å². The molecule has 0 bridgehead atoms. The maximum absolute atomic E-state index is 11.9. The molecule has 0 radical (unpaired) electrons. The molecule has 0 aliphatic rings. The summed E-state index contributed by atoms with van der Waals surface area (Å²) in [5.41, 5.74) is 0. The Hall–Kier alpha value is 1.47. The average Bonchev–Trinajstić information content (AvgIpc) is 2.01. The minimum Gasteiger partial charge on any atom is -0.520 e. The third-order valence-corrected chi connectivity index (χ3v) is 2.58. The van der Waals surface area contributed by atoms with Gasteiger partial charge in [0.25, 0.3) is 0 Å². The Morgan fingerprint density at radius 1 is 1.13 bits per heavy atom. The second kappa shape index (κ2) is 7.03. The van der Waals surface area contributed by atoms with E-state index in [2.05, 4.69) is 36.6 Å². The number of ether oxygens (including phenoxy) is 1. The summed E-state index contributed by atoms with van der Waals surface area (Å²) < 4.78 is 41.4. The predicted molar refractivity (Wildman–Crippen MR) is 56.4 cm³/mol. The second-order valence-corrected chi connectivity index (χ2v) is 4.28. The minimum absolute atomic E-state index is 0. The Balaban J connectivity index is 0.00000196. The molecule has 0 aliphatic carbocycles. The van der Waals surface area contributed by atoms with Crippen LogP contribution in [0.25, 0.3) is 0 Å². The summed E-state index contributed by atoms with van der Waals surface area (Å²) in [6, 6.07) is 4.92. The van der Waals surface area contributed by atoms with Crippen LogP contribution >= 0.6 is 31.9 Å². The molecule has 0 aliphatic heterocycles. The number of halogens is 5. The van der Waals surface area contributed by atoms with Crippen LogP contribution in [0.5, 0.6) is 5.75 Å². The Morgan fingerprint density at radius 2 is 1.60 bits per heavy atom. The van der Waals surface area contributed by atoms with Crippen molar-refractivity contribution in [3.63, 3.8) is 0 Å². The standard InChI is InChI=1S/C7H5BBr2F3O.K/c9-5-2-1-3-6(10)7(5)14-4-8(11,12)13;/h1-3H,4H2;/q-1;+1. The zero-order valence-electron chi connectivity index (χ0n) is 7.81. The van der Waals surface area contributed by atoms with Crippen LogP contribution in [0.4, 0.5) is 12.9 Å². The largest absolute Gasteiger partial charge is 1.00 e. The number of rotatable bonds is 3. The van der Waals surface area contributed by atoms with E-state index in [0.717, 1.165) is 0 Å². The van der Waals surface area contributed by atoms with E-state index in [1.165, 1.54) is 0 Å². The molecule has 1 aromatic rings. The van der Waals surface area contributed by atoms with Crippen molar-refractivity contribution < 1.29 is 69.1 Å². The first-order chi connectivity index (χ1) is 6.40. The summed E-state index contributed by atoms with van der Waals surface area (Å²) in [7, 11) is 0. The number of benzene rings is 1. The van der Waals surface area contributed by atoms with Gasteiger partial charge in [-0.15, -0.1) is 0 Å². The molecular weight excluding hydrogens is 367 g/mol. The molecule has 0 saturated carbocycles. The SMILES string of the molecule is F[B-](F)(F)COc1c(Br)cccc1Br.[K+]. The van der Waals surface area contributed by atoms with E-state index < -0.39 is 13.5 Å². The van der Waals surface area contributed by atoms with Gasteiger partial charge in [-0.3, -0.25) is 0 Å². The fourth-order valence-corrected chi connectivity index (χ4v) is 2.03. The molecule has 78 valence electrons. The topological polar surface area (TPSA) is 9.23 Å². The maximum atomic E-state index is 11.9. The maximum Gasteiger partial charge on any atom is 1.00 e. The van der Waals surface area contributed by atoms with Crippen LogP contribution in [0.1, 0.15) is 0 Å². The van der Waals surface area contributed by atoms with Crippen molar-refractivity contribution in [2.45, 2.75) is 0 Å². The summed E-state index contributed by atoms with van der Waals surface area (Å²) in [4.78, 5) is 0. The molecule has 0 N–H and O–H groups in total. The molecule has 0 unspecified atom stereocenters. The van der Waals surface area contributed by atoms with E-state index in [9.17, 15) is 12.9 Å². The van der Waals surface area contributed by atoms with Gasteiger partial charge < -0.3 is 17.7 Å². The van der Waals surface area contributed by atoms with E-state index in [1.54, 1.807) is 18.2 Å². The van der Waals surface area contributed by atoms with Crippen LogP contribution in [-0.2, 0) is 0 Å². The molecule has 15 heavy (non-hydrogen) atoms. The molecule has 0 fully saturated rings. The van der Waals surface area contributed by atoms with E-state index >= 15 is 0 Å². The fourth-order valence-electron chi connectivity index (χ4n) is 0.798. The molecular formula is C7H5BBr2F3KO. The molecule has 0 spiro atoms. The summed E-state index contributed by atoms with van der Waals surface area (Å²) >= 11 is 6.20. The molecule has 1 rings (SSSR count). The van der Waals surface area contributed by atoms with Crippen LogP contribution in [-0.4, -0.2) is 13.5 Å². The van der Waals surface area contributed by atoms with Crippen molar-refractivity contribution in [3.05, 3.63) is 27.1 Å². The summed E-state index contributed by atoms with van der Waals surface area (Å²) in [5, 5.41) is 0. The van der Waals surface area contributed by atoms with Gasteiger partial charge in [0.2, 0.25) is 0 Å². The molecule has 0 amide bonds. The van der Waals surface area contributed by atoms with Gasteiger partial charge in [0, 0.05) is 0 Å². The van der Waals surface area contributed by atoms with Gasteiger partial charge in [-0.1, -0.05) is 6.07 Å². The summed E-state index contributed by atoms with van der Waals surface area (Å²) in [5.74, 6) is 0.173. The Labute approximate surface area is 145 Å². The second-order valence-electron chi connectivity index (χ2n) is 2.57. The summed E-state index contributed by atoms with van der Waals surface area (Å²) in [6.45, 7) is -6.16. The molecule has 1 nitrogen and oxygen atoms in total. The minimum atomic E-state index is -4.92. The first-order valence-electron chi connectivity index (χ1n) is 3.68. The Bertz CT molecular complexity index is 314. The number of hydrogen-bond donors (Lipinski definition) is 0. The average molecular weight is 372 g/mol. The van der Waals surface area contributed by atoms with Gasteiger partial charge in [0.1, 0.15) is 5.75 Å². The smallest absolute Gasteiger partial charge is 0.520 e. The van der Waals surface area contributed by atoms with Gasteiger partial charge in [-0.05, 0) is 44.0 Å². The Morgan fingerprint density at radius 3 is 2.00 bits per heavy atom. The zero-order valence-corrected chi connectivity index (χ0v) is 14.1. The van der Waals surface area contributed by atoms with E-state index in [-0.39, 0.29) is 57.1 Å². The van der Waals surface area contributed by atoms with Crippen molar-refractivity contribution in [1.29, 1.82) is 0 Å². The van der Waals surface area contributed by atoms with E-state index in [1.807, 2.05) is 0 Å². The normalized spacial score (nSPS) is 10.7. The number of hydrogen-bond acceptors (Lipinski definition) is 1. The first kappa shape index (κ1) is 16.5. The molecule has 1 aromatic carbocycles. The monoisotopic (exact) mass is 370 g/mol. The van der Waals surface area contributed by atoms with Crippen LogP contribution in [0.3, 0.4) is 0 Å². The fraction of sp³-hybridized carbons (Fsp3) is 0.143. The van der Waals surface area contributed by atoms with Crippen LogP contribution < -0.4 is 56.1 Å². The predicted octanol–water partition coefficient (Wildman–Crippen LogP) is 0.981. The van der Waals surface area contributed by atoms with Gasteiger partial charge in [0.15, 0.2) is 0 Å². The zero-order chi connectivity index (χ0) is 10.8. The van der Waals surface area contributed by atoms with Gasteiger partial charge in [-0.2, -0.15) is 0 Å². The quantitative estimate of drug-likeness (QED) is 0.720. The molecule has 0 heterocycles. The number of para-hydroxylation sites is 1. The van der Waals surface area contributed by atoms with Crippen molar-refractivity contribution >= 4 is 38.8 Å². The van der Waals surface area contributed by atoms with Crippen LogP contribution in [0.2, 0.25) is 0 Å². The van der Waals surface area contributed by atoms with Gasteiger partial charge >= 0.3 is 58.4 Å². The van der Waals surface area contributed by atoms with E-state index in [4.69, 9.17) is 0 Å². The van der Waals surface area contributed by atoms with Crippen molar-refractivity contribution in [2.75, 3.05) is 6.51 Å². The first-order valence-corrected chi connectivity index (χ1v) is 5.26. The summed E-state index contributed by atoms with van der Waals surface area (Å²) in [6.07, 6.45) is 0. The van der Waals surface area contributed by atoms with Gasteiger partial charge in [0.05, 0.1) is 15.5 Å². The third kappa shape index (κ3) is 6.09. The molecule has 0 atom stereocenters. The van der Waals surface area contributed by atoms with Crippen molar-refractivity contribution in [3.8, 4) is 5.75 Å².